The minimum atomic E-state index is -0.146. The summed E-state index contributed by atoms with van der Waals surface area (Å²) in [5.41, 5.74) is 0.761. The summed E-state index contributed by atoms with van der Waals surface area (Å²) in [6.07, 6.45) is 3.98. The summed E-state index contributed by atoms with van der Waals surface area (Å²) in [7, 11) is 0. The SMILES string of the molecule is O=C(Cn1c2c(sc1=O)[C@@H](c1cccs1)[C@@H]1[C@H]3CC[C@@H](C3)[C@H]1S2)Nc1ccccc1. The van der Waals surface area contributed by atoms with Crippen molar-refractivity contribution in [2.24, 2.45) is 17.8 Å². The van der Waals surface area contributed by atoms with Gasteiger partial charge < -0.3 is 5.32 Å². The normalized spacial score (nSPS) is 28.9. The molecule has 0 unspecified atom stereocenters. The maximum Gasteiger partial charge on any atom is 0.308 e. The zero-order valence-corrected chi connectivity index (χ0v) is 18.8. The third-order valence-electron chi connectivity index (χ3n) is 6.90. The fraction of sp³-hybridized carbons (Fsp3) is 0.391. The molecule has 30 heavy (non-hydrogen) atoms. The fourth-order valence-electron chi connectivity index (χ4n) is 5.74. The monoisotopic (exact) mass is 454 g/mol. The number of thioether (sulfide) groups is 1. The number of carbonyl (C=O) groups is 1. The summed E-state index contributed by atoms with van der Waals surface area (Å²) in [5, 5.41) is 6.68. The molecule has 0 spiro atoms. The van der Waals surface area contributed by atoms with E-state index in [-0.39, 0.29) is 17.3 Å². The van der Waals surface area contributed by atoms with Gasteiger partial charge in [0.15, 0.2) is 0 Å². The van der Waals surface area contributed by atoms with Crippen LogP contribution < -0.4 is 10.2 Å². The average Bonchev–Trinajstić information content (AvgIpc) is 3.53. The van der Waals surface area contributed by atoms with Crippen molar-refractivity contribution in [3.05, 3.63) is 67.3 Å². The lowest BCUT2D eigenvalue weighted by Crippen LogP contribution is -2.34. The molecule has 154 valence electrons. The van der Waals surface area contributed by atoms with Gasteiger partial charge in [0.1, 0.15) is 6.54 Å². The van der Waals surface area contributed by atoms with Crippen LogP contribution in [0.5, 0.6) is 0 Å². The van der Waals surface area contributed by atoms with Crippen LogP contribution in [0, 0.1) is 17.8 Å². The van der Waals surface area contributed by atoms with E-state index in [1.807, 2.05) is 42.1 Å². The summed E-state index contributed by atoms with van der Waals surface area (Å²) in [6.45, 7) is 0.0786. The number of benzene rings is 1. The molecule has 0 radical (unpaired) electrons. The molecule has 4 nitrogen and oxygen atoms in total. The number of fused-ring (bicyclic) bond motifs is 6. The highest BCUT2D eigenvalue weighted by molar-refractivity contribution is 8.00. The number of carbonyl (C=O) groups excluding carboxylic acids is 1. The van der Waals surface area contributed by atoms with Crippen LogP contribution in [0.3, 0.4) is 0 Å². The smallest absolute Gasteiger partial charge is 0.308 e. The number of thiazole rings is 1. The molecule has 2 aliphatic carbocycles. The van der Waals surface area contributed by atoms with Gasteiger partial charge in [0.05, 0.1) is 5.03 Å². The molecule has 0 saturated heterocycles. The molecule has 1 amide bonds. The number of para-hydroxylation sites is 1. The molecular formula is C23H22N2O2S3. The van der Waals surface area contributed by atoms with E-state index in [2.05, 4.69) is 22.8 Å². The Labute approximate surface area is 187 Å². The fourth-order valence-corrected chi connectivity index (χ4v) is 9.85. The van der Waals surface area contributed by atoms with Crippen molar-refractivity contribution < 1.29 is 4.79 Å². The maximum absolute atomic E-state index is 13.0. The van der Waals surface area contributed by atoms with Crippen molar-refractivity contribution in [3.8, 4) is 0 Å². The predicted octanol–water partition coefficient (Wildman–Crippen LogP) is 5.26. The second kappa shape index (κ2) is 7.39. The zero-order valence-electron chi connectivity index (χ0n) is 16.3. The van der Waals surface area contributed by atoms with Gasteiger partial charge in [-0.2, -0.15) is 0 Å². The highest BCUT2D eigenvalue weighted by Gasteiger charge is 2.55. The Kier molecular flexibility index (Phi) is 4.66. The number of nitrogens with one attached hydrogen (secondary N) is 1. The number of thiophene rings is 1. The second-order valence-corrected chi connectivity index (χ2v) is 11.7. The molecule has 7 heteroatoms. The van der Waals surface area contributed by atoms with Crippen LogP contribution in [0.15, 0.2) is 57.7 Å². The van der Waals surface area contributed by atoms with E-state index < -0.39 is 0 Å². The van der Waals surface area contributed by atoms with Crippen molar-refractivity contribution in [1.82, 2.24) is 4.57 Å². The molecule has 6 rings (SSSR count). The molecule has 2 bridgehead atoms. The summed E-state index contributed by atoms with van der Waals surface area (Å²) in [6, 6.07) is 13.8. The summed E-state index contributed by atoms with van der Waals surface area (Å²) in [4.78, 5) is 28.3. The number of nitrogens with zero attached hydrogens (tertiary/aromatic N) is 1. The third-order valence-corrected chi connectivity index (χ3v) is 10.7. The van der Waals surface area contributed by atoms with E-state index in [0.717, 1.165) is 22.5 Å². The molecule has 2 aromatic heterocycles. The van der Waals surface area contributed by atoms with Crippen LogP contribution in [0.1, 0.15) is 34.9 Å². The van der Waals surface area contributed by atoms with Crippen molar-refractivity contribution in [3.63, 3.8) is 0 Å². The van der Waals surface area contributed by atoms with E-state index in [1.165, 1.54) is 40.4 Å². The first-order valence-electron chi connectivity index (χ1n) is 10.5. The van der Waals surface area contributed by atoms with Gasteiger partial charge in [-0.3, -0.25) is 14.2 Å². The lowest BCUT2D eigenvalue weighted by Gasteiger charge is -2.40. The van der Waals surface area contributed by atoms with E-state index >= 15 is 0 Å². The number of rotatable bonds is 4. The summed E-state index contributed by atoms with van der Waals surface area (Å²) >= 11 is 5.05. The molecule has 5 atom stereocenters. The van der Waals surface area contributed by atoms with Crippen LogP contribution in [0.2, 0.25) is 0 Å². The largest absolute Gasteiger partial charge is 0.325 e. The topological polar surface area (TPSA) is 51.1 Å². The molecular weight excluding hydrogens is 432 g/mol. The molecule has 1 aliphatic heterocycles. The molecule has 3 aliphatic rings. The quantitative estimate of drug-likeness (QED) is 0.585. The first kappa shape index (κ1) is 18.9. The Morgan fingerprint density at radius 1 is 1.10 bits per heavy atom. The Bertz CT molecular complexity index is 1140. The van der Waals surface area contributed by atoms with Crippen molar-refractivity contribution >= 4 is 46.0 Å². The van der Waals surface area contributed by atoms with Gasteiger partial charge in [-0.05, 0) is 60.6 Å². The van der Waals surface area contributed by atoms with Gasteiger partial charge in [0, 0.05) is 26.6 Å². The van der Waals surface area contributed by atoms with Crippen molar-refractivity contribution in [2.75, 3.05) is 5.32 Å². The summed E-state index contributed by atoms with van der Waals surface area (Å²) < 4.78 is 1.73. The number of anilines is 1. The van der Waals surface area contributed by atoms with E-state index in [9.17, 15) is 9.59 Å². The highest BCUT2D eigenvalue weighted by atomic mass is 32.2. The minimum absolute atomic E-state index is 0.00964. The van der Waals surface area contributed by atoms with Crippen LogP contribution in [-0.4, -0.2) is 15.7 Å². The highest BCUT2D eigenvalue weighted by Crippen LogP contribution is 2.64. The van der Waals surface area contributed by atoms with Crippen molar-refractivity contribution in [2.45, 2.75) is 42.0 Å². The first-order valence-corrected chi connectivity index (χ1v) is 13.0. The van der Waals surface area contributed by atoms with E-state index in [4.69, 9.17) is 0 Å². The molecule has 1 N–H and O–H groups in total. The number of aromatic nitrogens is 1. The van der Waals surface area contributed by atoms with Gasteiger partial charge in [0.2, 0.25) is 5.91 Å². The van der Waals surface area contributed by atoms with Crippen molar-refractivity contribution in [1.29, 1.82) is 0 Å². The second-order valence-electron chi connectivity index (χ2n) is 8.52. The zero-order chi connectivity index (χ0) is 20.2. The molecule has 3 aromatic rings. The molecule has 2 fully saturated rings. The van der Waals surface area contributed by atoms with Crippen LogP contribution in [-0.2, 0) is 11.3 Å². The lowest BCUT2D eigenvalue weighted by molar-refractivity contribution is -0.116. The van der Waals surface area contributed by atoms with Gasteiger partial charge >= 0.3 is 4.87 Å². The molecule has 3 heterocycles. The Morgan fingerprint density at radius 3 is 2.73 bits per heavy atom. The van der Waals surface area contributed by atoms with Gasteiger partial charge in [-0.15, -0.1) is 23.1 Å². The standard InChI is InChI=1S/C23H22N2O2S3/c26-17(24-15-5-2-1-3-6-15)12-25-22-21(30-23(25)27)19(16-7-4-10-28-16)18-13-8-9-14(11-13)20(18)29-22/h1-7,10,13-14,18-20H,8-9,11-12H2,(H,24,26)/t13-,14-,18-,19-,20+/m0/s1. The number of hydrogen-bond donors (Lipinski definition) is 1. The van der Waals surface area contributed by atoms with E-state index in [1.54, 1.807) is 15.9 Å². The molecule has 1 aromatic carbocycles. The Balaban J connectivity index is 1.37. The Hall–Kier alpha value is -1.83. The third kappa shape index (κ3) is 3.01. The van der Waals surface area contributed by atoms with Gasteiger partial charge in [0.25, 0.3) is 0 Å². The maximum atomic E-state index is 13.0. The number of amides is 1. The lowest BCUT2D eigenvalue weighted by atomic mass is 9.77. The molecule has 2 saturated carbocycles. The minimum Gasteiger partial charge on any atom is -0.325 e. The van der Waals surface area contributed by atoms with Gasteiger partial charge in [-0.25, -0.2) is 0 Å². The summed E-state index contributed by atoms with van der Waals surface area (Å²) in [5.74, 6) is 2.33. The van der Waals surface area contributed by atoms with Gasteiger partial charge in [-0.1, -0.05) is 35.6 Å². The van der Waals surface area contributed by atoms with Crippen LogP contribution in [0.25, 0.3) is 0 Å². The first-order chi connectivity index (χ1) is 14.7. The van der Waals surface area contributed by atoms with Crippen LogP contribution >= 0.6 is 34.4 Å². The number of hydrogen-bond acceptors (Lipinski definition) is 5. The van der Waals surface area contributed by atoms with E-state index in [0.29, 0.717) is 17.1 Å². The predicted molar refractivity (Wildman–Crippen MR) is 124 cm³/mol. The Morgan fingerprint density at radius 2 is 1.93 bits per heavy atom. The van der Waals surface area contributed by atoms with Crippen LogP contribution in [0.4, 0.5) is 5.69 Å². The average molecular weight is 455 g/mol.